The van der Waals surface area contributed by atoms with Gasteiger partial charge in [0.15, 0.2) is 5.78 Å². The summed E-state index contributed by atoms with van der Waals surface area (Å²) in [7, 11) is 0. The Morgan fingerprint density at radius 3 is 2.20 bits per heavy atom. The van der Waals surface area contributed by atoms with Gasteiger partial charge in [-0.15, -0.1) is 0 Å². The van der Waals surface area contributed by atoms with E-state index in [0.29, 0.717) is 49.8 Å². The van der Waals surface area contributed by atoms with Crippen LogP contribution in [0.25, 0.3) is 0 Å². The van der Waals surface area contributed by atoms with Crippen LogP contribution < -0.4 is 5.73 Å². The first-order valence-corrected chi connectivity index (χ1v) is 14.1. The number of nitrogens with zero attached hydrogens (tertiary/aromatic N) is 2. The molecule has 1 aliphatic carbocycles. The number of halogens is 6. The normalized spacial score (nSPS) is 21.9. The maximum atomic E-state index is 12.3. The van der Waals surface area contributed by atoms with Crippen molar-refractivity contribution in [3.8, 4) is 0 Å². The molecule has 1 aromatic rings. The van der Waals surface area contributed by atoms with Crippen LogP contribution in [0.2, 0.25) is 0 Å². The standard InChI is InChI=1S/C10H11F3.C10H17F3.C10H13N3O2/c1-8(7-10(11,12)13)9-5-3-2-4-6-9;1-2-3-8-4-6-9(7-5-8)10(11,12)13;1-6(14)13-3-2-7-8(5-13)12-10(11)4-9(7)15/h2-6,8H,7H2,1H3;8-9H,2-7H2,1H3;2-5H2,1H3,(H2,11,12). The number of amidine groups is 1. The maximum absolute atomic E-state index is 12.3. The summed E-state index contributed by atoms with van der Waals surface area (Å²) in [5, 5.41) is 0. The molecule has 2 N–H and O–H groups in total. The molecular weight excluding hydrogens is 548 g/mol. The van der Waals surface area contributed by atoms with Crippen LogP contribution in [0.15, 0.2) is 46.6 Å². The number of rotatable bonds is 4. The number of amides is 1. The lowest BCUT2D eigenvalue weighted by atomic mass is 9.80. The predicted molar refractivity (Wildman–Crippen MR) is 147 cm³/mol. The molecule has 0 aromatic heterocycles. The van der Waals surface area contributed by atoms with Gasteiger partial charge in [0.05, 0.1) is 31.0 Å². The van der Waals surface area contributed by atoms with E-state index >= 15 is 0 Å². The monoisotopic (exact) mass is 589 g/mol. The van der Waals surface area contributed by atoms with Crippen LogP contribution in [0.1, 0.15) is 90.0 Å². The topological polar surface area (TPSA) is 75.8 Å². The Hall–Kier alpha value is -2.85. The highest BCUT2D eigenvalue weighted by Gasteiger charge is 2.41. The van der Waals surface area contributed by atoms with E-state index in [1.807, 2.05) is 0 Å². The van der Waals surface area contributed by atoms with Gasteiger partial charge in [-0.25, -0.2) is 4.99 Å². The van der Waals surface area contributed by atoms with Crippen LogP contribution in [0.3, 0.4) is 0 Å². The zero-order valence-electron chi connectivity index (χ0n) is 24.0. The minimum absolute atomic E-state index is 0.00773. The summed E-state index contributed by atoms with van der Waals surface area (Å²) in [6.45, 7) is 6.22. The molecule has 2 aliphatic heterocycles. The van der Waals surface area contributed by atoms with E-state index in [-0.39, 0.29) is 18.1 Å². The van der Waals surface area contributed by atoms with E-state index in [4.69, 9.17) is 5.73 Å². The van der Waals surface area contributed by atoms with Gasteiger partial charge in [-0.1, -0.05) is 57.0 Å². The van der Waals surface area contributed by atoms with Gasteiger partial charge in [0.1, 0.15) is 5.84 Å². The molecule has 1 amide bonds. The summed E-state index contributed by atoms with van der Waals surface area (Å²) in [5.74, 6) is -0.497. The Morgan fingerprint density at radius 2 is 1.68 bits per heavy atom. The smallest absolute Gasteiger partial charge is 0.387 e. The summed E-state index contributed by atoms with van der Waals surface area (Å²) < 4.78 is 72.7. The van der Waals surface area contributed by atoms with E-state index < -0.39 is 30.6 Å². The van der Waals surface area contributed by atoms with Gasteiger partial charge in [-0.05, 0) is 49.5 Å². The first kappa shape index (κ1) is 34.4. The van der Waals surface area contributed by atoms with Crippen molar-refractivity contribution in [3.05, 3.63) is 47.2 Å². The second-order valence-corrected chi connectivity index (χ2v) is 11.0. The SMILES string of the molecule is CC(=O)N1CCC2=C(C1)N=C(N)CC2=O.CC(CC(F)(F)F)c1ccccc1.CCCC1CCC(C(F)(F)F)CC1. The van der Waals surface area contributed by atoms with Crippen LogP contribution in [0.5, 0.6) is 0 Å². The Morgan fingerprint density at radius 1 is 1.07 bits per heavy atom. The predicted octanol–water partition coefficient (Wildman–Crippen LogP) is 7.72. The van der Waals surface area contributed by atoms with Crippen molar-refractivity contribution in [1.82, 2.24) is 4.90 Å². The number of hydrogen-bond donors (Lipinski definition) is 1. The molecule has 230 valence electrons. The van der Waals surface area contributed by atoms with E-state index in [0.717, 1.165) is 36.8 Å². The third kappa shape index (κ3) is 11.9. The first-order chi connectivity index (χ1) is 19.1. The highest BCUT2D eigenvalue weighted by Crippen LogP contribution is 2.40. The van der Waals surface area contributed by atoms with Crippen LogP contribution in [-0.4, -0.2) is 47.9 Å². The van der Waals surface area contributed by atoms with Gasteiger partial charge in [0.2, 0.25) is 5.91 Å². The van der Waals surface area contributed by atoms with Gasteiger partial charge in [0, 0.05) is 19.0 Å². The molecule has 3 aliphatic rings. The zero-order valence-corrected chi connectivity index (χ0v) is 24.0. The molecule has 0 bridgehead atoms. The third-order valence-electron chi connectivity index (χ3n) is 7.64. The number of hydrogen-bond acceptors (Lipinski definition) is 4. The molecule has 1 atom stereocenters. The molecule has 1 fully saturated rings. The summed E-state index contributed by atoms with van der Waals surface area (Å²) in [6, 6.07) is 8.74. The van der Waals surface area contributed by atoms with Crippen molar-refractivity contribution in [2.24, 2.45) is 22.6 Å². The molecule has 0 saturated heterocycles. The molecule has 0 radical (unpaired) electrons. The fraction of sp³-hybridized carbons (Fsp3) is 0.633. The van der Waals surface area contributed by atoms with Crippen molar-refractivity contribution >= 4 is 17.5 Å². The minimum Gasteiger partial charge on any atom is -0.387 e. The van der Waals surface area contributed by atoms with E-state index in [1.54, 1.807) is 42.2 Å². The number of aliphatic imine (C=N–C) groups is 1. The summed E-state index contributed by atoms with van der Waals surface area (Å²) in [4.78, 5) is 28.6. The molecular formula is C30H41F6N3O2. The number of benzene rings is 1. The highest BCUT2D eigenvalue weighted by atomic mass is 19.4. The molecule has 1 unspecified atom stereocenters. The average molecular weight is 590 g/mol. The Bertz CT molecular complexity index is 1060. The maximum Gasteiger partial charge on any atom is 0.391 e. The highest BCUT2D eigenvalue weighted by molar-refractivity contribution is 6.11. The lowest BCUT2D eigenvalue weighted by Gasteiger charge is -2.29. The third-order valence-corrected chi connectivity index (χ3v) is 7.64. The van der Waals surface area contributed by atoms with Crippen LogP contribution in [0, 0.1) is 11.8 Å². The van der Waals surface area contributed by atoms with Crippen LogP contribution in [0.4, 0.5) is 26.3 Å². The number of nitrogens with two attached hydrogens (primary N) is 1. The molecule has 5 nitrogen and oxygen atoms in total. The molecule has 2 heterocycles. The number of carbonyl (C=O) groups excluding carboxylic acids is 2. The van der Waals surface area contributed by atoms with Crippen molar-refractivity contribution in [2.45, 2.75) is 96.8 Å². The quantitative estimate of drug-likeness (QED) is 0.366. The Kier molecular flexibility index (Phi) is 12.9. The fourth-order valence-corrected chi connectivity index (χ4v) is 5.34. The second-order valence-electron chi connectivity index (χ2n) is 11.0. The average Bonchev–Trinajstić information content (AvgIpc) is 2.88. The second kappa shape index (κ2) is 15.4. The molecule has 1 saturated carbocycles. The van der Waals surface area contributed by atoms with E-state index in [1.165, 1.54) is 6.92 Å². The summed E-state index contributed by atoms with van der Waals surface area (Å²) in [5.41, 5.74) is 7.70. The number of alkyl halides is 6. The van der Waals surface area contributed by atoms with Gasteiger partial charge in [-0.2, -0.15) is 26.3 Å². The molecule has 11 heteroatoms. The van der Waals surface area contributed by atoms with E-state index in [2.05, 4.69) is 11.9 Å². The van der Waals surface area contributed by atoms with E-state index in [9.17, 15) is 35.9 Å². The Balaban J connectivity index is 0.000000216. The number of Topliss-reactive ketones (excluding diaryl/α,β-unsaturated/α-hetero) is 1. The largest absolute Gasteiger partial charge is 0.391 e. The van der Waals surface area contributed by atoms with Crippen LogP contribution >= 0.6 is 0 Å². The van der Waals surface area contributed by atoms with Gasteiger partial charge in [-0.3, -0.25) is 9.59 Å². The van der Waals surface area contributed by atoms with Gasteiger partial charge >= 0.3 is 12.4 Å². The minimum atomic E-state index is -4.07. The van der Waals surface area contributed by atoms with Crippen molar-refractivity contribution < 1.29 is 35.9 Å². The number of carbonyl (C=O) groups is 2. The molecule has 0 spiro atoms. The van der Waals surface area contributed by atoms with Gasteiger partial charge < -0.3 is 10.6 Å². The molecule has 4 rings (SSSR count). The van der Waals surface area contributed by atoms with Gasteiger partial charge in [0.25, 0.3) is 0 Å². The number of ketones is 1. The lowest BCUT2D eigenvalue weighted by molar-refractivity contribution is -0.184. The van der Waals surface area contributed by atoms with Crippen molar-refractivity contribution in [2.75, 3.05) is 13.1 Å². The first-order valence-electron chi connectivity index (χ1n) is 14.1. The molecule has 41 heavy (non-hydrogen) atoms. The summed E-state index contributed by atoms with van der Waals surface area (Å²) in [6.07, 6.45) is -3.49. The lowest BCUT2D eigenvalue weighted by Crippen LogP contribution is -2.38. The van der Waals surface area contributed by atoms with Crippen LogP contribution in [-0.2, 0) is 9.59 Å². The Labute approximate surface area is 238 Å². The fourth-order valence-electron chi connectivity index (χ4n) is 5.34. The van der Waals surface area contributed by atoms with Crippen molar-refractivity contribution in [1.29, 1.82) is 0 Å². The van der Waals surface area contributed by atoms with Crippen molar-refractivity contribution in [3.63, 3.8) is 0 Å². The molecule has 1 aromatic carbocycles. The summed E-state index contributed by atoms with van der Waals surface area (Å²) >= 11 is 0. The zero-order chi connectivity index (χ0) is 30.8.